The van der Waals surface area contributed by atoms with Crippen LogP contribution in [0.4, 0.5) is 13.2 Å². The Morgan fingerprint density at radius 1 is 1.38 bits per heavy atom. The summed E-state index contributed by atoms with van der Waals surface area (Å²) >= 11 is 0. The molecule has 2 rings (SSSR count). The lowest BCUT2D eigenvalue weighted by molar-refractivity contribution is -0.137. The average molecular weight is 296 g/mol. The molecule has 0 saturated heterocycles. The summed E-state index contributed by atoms with van der Waals surface area (Å²) in [6.07, 6.45) is 0.314. The minimum atomic E-state index is -4.54. The Morgan fingerprint density at radius 3 is 2.67 bits per heavy atom. The molecule has 0 unspecified atom stereocenters. The molecule has 2 aromatic rings. The summed E-state index contributed by atoms with van der Waals surface area (Å²) < 4.78 is 40.4. The number of alkyl halides is 3. The monoisotopic (exact) mass is 296 g/mol. The van der Waals surface area contributed by atoms with Gasteiger partial charge in [0, 0.05) is 30.1 Å². The maximum atomic E-state index is 12.9. The Morgan fingerprint density at radius 2 is 2.10 bits per heavy atom. The normalized spacial score (nSPS) is 11.6. The van der Waals surface area contributed by atoms with Crippen molar-refractivity contribution in [1.82, 2.24) is 9.55 Å². The molecule has 21 heavy (non-hydrogen) atoms. The zero-order chi connectivity index (χ0) is 15.6. The Balaban J connectivity index is 2.55. The summed E-state index contributed by atoms with van der Waals surface area (Å²) in [6, 6.07) is 3.57. The second kappa shape index (κ2) is 5.59. The highest BCUT2D eigenvalue weighted by atomic mass is 19.4. The fourth-order valence-electron chi connectivity index (χ4n) is 2.13. The molecule has 0 radical (unpaired) electrons. The van der Waals surface area contributed by atoms with Gasteiger partial charge in [0.25, 0.3) is 0 Å². The smallest absolute Gasteiger partial charge is 0.384 e. The van der Waals surface area contributed by atoms with Crippen LogP contribution in [0.1, 0.15) is 30.3 Å². The largest absolute Gasteiger partial charge is 0.417 e. The van der Waals surface area contributed by atoms with E-state index in [9.17, 15) is 13.2 Å². The van der Waals surface area contributed by atoms with Gasteiger partial charge in [-0.25, -0.2) is 4.98 Å². The predicted molar refractivity (Wildman–Crippen MR) is 73.6 cm³/mol. The van der Waals surface area contributed by atoms with Gasteiger partial charge in [0.1, 0.15) is 11.7 Å². The highest BCUT2D eigenvalue weighted by Crippen LogP contribution is 2.33. The fraction of sp³-hybridized carbons (Fsp3) is 0.286. The molecular weight excluding hydrogens is 281 g/mol. The van der Waals surface area contributed by atoms with E-state index in [1.54, 1.807) is 17.0 Å². The third kappa shape index (κ3) is 3.07. The van der Waals surface area contributed by atoms with Crippen LogP contribution in [-0.2, 0) is 12.6 Å². The first kappa shape index (κ1) is 15.1. The number of imidazole rings is 1. The zero-order valence-corrected chi connectivity index (χ0v) is 11.4. The number of benzene rings is 1. The van der Waals surface area contributed by atoms with Gasteiger partial charge in [0.2, 0.25) is 0 Å². The predicted octanol–water partition coefficient (Wildman–Crippen LogP) is 3.13. The number of nitrogens with zero attached hydrogens (tertiary/aromatic N) is 2. The van der Waals surface area contributed by atoms with Crippen LogP contribution in [0.3, 0.4) is 0 Å². The quantitative estimate of drug-likeness (QED) is 0.672. The second-order valence-electron chi connectivity index (χ2n) is 4.60. The number of nitrogens with one attached hydrogen (secondary N) is 1. The number of aryl methyl sites for hydroxylation is 1. The molecule has 3 N–H and O–H groups in total. The van der Waals surface area contributed by atoms with Crippen molar-refractivity contribution in [1.29, 1.82) is 5.41 Å². The third-order valence-corrected chi connectivity index (χ3v) is 3.07. The number of hydrogen-bond donors (Lipinski definition) is 2. The van der Waals surface area contributed by atoms with E-state index in [1.807, 2.05) is 6.92 Å². The lowest BCUT2D eigenvalue weighted by Gasteiger charge is -2.15. The van der Waals surface area contributed by atoms with Crippen molar-refractivity contribution in [3.05, 3.63) is 47.5 Å². The minimum Gasteiger partial charge on any atom is -0.384 e. The van der Waals surface area contributed by atoms with E-state index in [0.29, 0.717) is 12.1 Å². The summed E-state index contributed by atoms with van der Waals surface area (Å²) in [6.45, 7) is 1.99. The van der Waals surface area contributed by atoms with Crippen LogP contribution >= 0.6 is 0 Å². The molecule has 0 aliphatic heterocycles. The number of amidine groups is 1. The molecule has 1 aromatic carbocycles. The number of nitrogens with two attached hydrogens (primary N) is 1. The standard InChI is InChI=1S/C14H15F3N4/c1-2-3-12-20-6-7-21(12)9-4-5-11(14(15,16)17)10(8-9)13(18)19/h4-8H,2-3H2,1H3,(H3,18,19). The van der Waals surface area contributed by atoms with Crippen LogP contribution in [-0.4, -0.2) is 15.4 Å². The fourth-order valence-corrected chi connectivity index (χ4v) is 2.13. The van der Waals surface area contributed by atoms with Gasteiger partial charge in [-0.05, 0) is 24.6 Å². The van der Waals surface area contributed by atoms with Crippen LogP contribution < -0.4 is 5.73 Å². The van der Waals surface area contributed by atoms with Gasteiger partial charge in [0.05, 0.1) is 5.56 Å². The van der Waals surface area contributed by atoms with Crippen molar-refractivity contribution in [2.24, 2.45) is 5.73 Å². The molecule has 0 spiro atoms. The molecule has 0 saturated carbocycles. The summed E-state index contributed by atoms with van der Waals surface area (Å²) in [5, 5.41) is 7.37. The molecule has 0 atom stereocenters. The molecule has 1 heterocycles. The average Bonchev–Trinajstić information content (AvgIpc) is 2.85. The lowest BCUT2D eigenvalue weighted by atomic mass is 10.0. The van der Waals surface area contributed by atoms with E-state index in [4.69, 9.17) is 11.1 Å². The summed E-state index contributed by atoms with van der Waals surface area (Å²) in [5.41, 5.74) is 4.57. The van der Waals surface area contributed by atoms with Gasteiger partial charge in [0.15, 0.2) is 0 Å². The maximum absolute atomic E-state index is 12.9. The van der Waals surface area contributed by atoms with Gasteiger partial charge < -0.3 is 10.3 Å². The zero-order valence-electron chi connectivity index (χ0n) is 11.4. The first-order chi connectivity index (χ1) is 9.84. The van der Waals surface area contributed by atoms with Crippen molar-refractivity contribution in [2.45, 2.75) is 25.9 Å². The molecule has 0 aliphatic carbocycles. The number of nitrogen functional groups attached to an aromatic ring is 1. The molecule has 4 nitrogen and oxygen atoms in total. The van der Waals surface area contributed by atoms with E-state index < -0.39 is 17.6 Å². The Labute approximate surface area is 119 Å². The van der Waals surface area contributed by atoms with Crippen molar-refractivity contribution in [3.8, 4) is 5.69 Å². The molecule has 0 bridgehead atoms. The Kier molecular flexibility index (Phi) is 4.02. The molecule has 0 fully saturated rings. The molecule has 0 amide bonds. The molecule has 112 valence electrons. The maximum Gasteiger partial charge on any atom is 0.417 e. The summed E-state index contributed by atoms with van der Waals surface area (Å²) in [5.74, 6) is 0.146. The van der Waals surface area contributed by atoms with Crippen molar-refractivity contribution >= 4 is 5.84 Å². The van der Waals surface area contributed by atoms with E-state index in [1.165, 1.54) is 12.1 Å². The van der Waals surface area contributed by atoms with Gasteiger partial charge in [-0.2, -0.15) is 13.2 Å². The first-order valence-corrected chi connectivity index (χ1v) is 6.42. The topological polar surface area (TPSA) is 67.7 Å². The highest BCUT2D eigenvalue weighted by Gasteiger charge is 2.34. The van der Waals surface area contributed by atoms with Crippen LogP contribution in [0.5, 0.6) is 0 Å². The number of hydrogen-bond acceptors (Lipinski definition) is 2. The van der Waals surface area contributed by atoms with Gasteiger partial charge in [-0.3, -0.25) is 5.41 Å². The van der Waals surface area contributed by atoms with E-state index >= 15 is 0 Å². The highest BCUT2D eigenvalue weighted by molar-refractivity contribution is 5.97. The molecule has 7 heteroatoms. The SMILES string of the molecule is CCCc1nccn1-c1ccc(C(F)(F)F)c(C(=N)N)c1. The minimum absolute atomic E-state index is 0.323. The lowest BCUT2D eigenvalue weighted by Crippen LogP contribution is -2.19. The van der Waals surface area contributed by atoms with E-state index in [2.05, 4.69) is 4.98 Å². The Bertz CT molecular complexity index is 658. The number of halogens is 3. The van der Waals surface area contributed by atoms with Crippen molar-refractivity contribution < 1.29 is 13.2 Å². The van der Waals surface area contributed by atoms with Crippen LogP contribution in [0.2, 0.25) is 0 Å². The third-order valence-electron chi connectivity index (χ3n) is 3.07. The van der Waals surface area contributed by atoms with Crippen molar-refractivity contribution in [2.75, 3.05) is 0 Å². The second-order valence-corrected chi connectivity index (χ2v) is 4.60. The van der Waals surface area contributed by atoms with Crippen LogP contribution in [0.25, 0.3) is 5.69 Å². The molecule has 1 aromatic heterocycles. The number of aromatic nitrogens is 2. The van der Waals surface area contributed by atoms with Crippen molar-refractivity contribution in [3.63, 3.8) is 0 Å². The van der Waals surface area contributed by atoms with Gasteiger partial charge in [-0.15, -0.1) is 0 Å². The number of rotatable bonds is 4. The Hall–Kier alpha value is -2.31. The van der Waals surface area contributed by atoms with Crippen LogP contribution in [0, 0.1) is 5.41 Å². The molecular formula is C14H15F3N4. The van der Waals surface area contributed by atoms with E-state index in [-0.39, 0.29) is 5.56 Å². The first-order valence-electron chi connectivity index (χ1n) is 6.42. The van der Waals surface area contributed by atoms with Gasteiger partial charge in [-0.1, -0.05) is 6.92 Å². The van der Waals surface area contributed by atoms with E-state index in [0.717, 1.165) is 18.3 Å². The summed E-state index contributed by atoms with van der Waals surface area (Å²) in [7, 11) is 0. The van der Waals surface area contributed by atoms with Gasteiger partial charge >= 0.3 is 6.18 Å². The van der Waals surface area contributed by atoms with Crippen LogP contribution in [0.15, 0.2) is 30.6 Å². The summed E-state index contributed by atoms with van der Waals surface area (Å²) in [4.78, 5) is 4.18. The molecule has 0 aliphatic rings.